The zero-order valence-corrected chi connectivity index (χ0v) is 9.81. The van der Waals surface area contributed by atoms with Crippen LogP contribution in [0.15, 0.2) is 24.5 Å². The quantitative estimate of drug-likeness (QED) is 0.584. The van der Waals surface area contributed by atoms with E-state index in [0.717, 1.165) is 18.8 Å². The van der Waals surface area contributed by atoms with Gasteiger partial charge in [-0.05, 0) is 6.92 Å². The third-order valence-electron chi connectivity index (χ3n) is 1.66. The van der Waals surface area contributed by atoms with Gasteiger partial charge in [-0.1, -0.05) is 0 Å². The minimum Gasteiger partial charge on any atom is -1.00 e. The van der Waals surface area contributed by atoms with Crippen molar-refractivity contribution >= 4 is 18.1 Å². The number of nitrogens with one attached hydrogen (secondary N) is 1. The number of rotatable bonds is 4. The van der Waals surface area contributed by atoms with Gasteiger partial charge >= 0.3 is 0 Å². The highest BCUT2D eigenvalue weighted by molar-refractivity contribution is 5.85. The molecule has 0 spiro atoms. The largest absolute Gasteiger partial charge is 1.00 e. The summed E-state index contributed by atoms with van der Waals surface area (Å²) in [6, 6.07) is 4.11. The Balaban J connectivity index is 0. The summed E-state index contributed by atoms with van der Waals surface area (Å²) < 4.78 is 2.07. The van der Waals surface area contributed by atoms with E-state index in [-0.39, 0.29) is 24.8 Å². The van der Waals surface area contributed by atoms with Crippen LogP contribution >= 0.6 is 12.4 Å². The Morgan fingerprint density at radius 3 is 2.36 bits per heavy atom. The Morgan fingerprint density at radius 2 is 1.93 bits per heavy atom. The van der Waals surface area contributed by atoms with Crippen LogP contribution in [0.4, 0.5) is 5.69 Å². The molecule has 0 aliphatic carbocycles. The lowest BCUT2D eigenvalue weighted by Gasteiger charge is -2.00. The van der Waals surface area contributed by atoms with Crippen LogP contribution in [-0.4, -0.2) is 13.1 Å². The number of nitrogens with two attached hydrogens (primary N) is 1. The maximum atomic E-state index is 5.42. The van der Waals surface area contributed by atoms with Crippen LogP contribution in [0.1, 0.15) is 6.92 Å². The summed E-state index contributed by atoms with van der Waals surface area (Å²) in [5.41, 5.74) is 6.58. The number of halogens is 2. The fourth-order valence-corrected chi connectivity index (χ4v) is 1.08. The summed E-state index contributed by atoms with van der Waals surface area (Å²) in [6.07, 6.45) is 4.07. The zero-order chi connectivity index (χ0) is 8.81. The predicted molar refractivity (Wildman–Crippen MR) is 57.1 cm³/mol. The van der Waals surface area contributed by atoms with Crippen molar-refractivity contribution in [2.24, 2.45) is 5.73 Å². The number of aromatic nitrogens is 1. The van der Waals surface area contributed by atoms with Crippen LogP contribution in [0, 0.1) is 0 Å². The Bertz CT molecular complexity index is 201. The van der Waals surface area contributed by atoms with Crippen LogP contribution < -0.4 is 28.0 Å². The molecule has 0 unspecified atom stereocenters. The van der Waals surface area contributed by atoms with Crippen LogP contribution in [0.25, 0.3) is 0 Å². The molecule has 0 saturated heterocycles. The molecular weight excluding hydrogens is 221 g/mol. The minimum absolute atomic E-state index is 0. The van der Waals surface area contributed by atoms with Gasteiger partial charge in [0.15, 0.2) is 18.9 Å². The van der Waals surface area contributed by atoms with Gasteiger partial charge in [-0.15, -0.1) is 12.4 Å². The van der Waals surface area contributed by atoms with Crippen LogP contribution in [-0.2, 0) is 6.54 Å². The normalized spacial score (nSPS) is 8.43. The second kappa shape index (κ2) is 9.06. The standard InChI is InChI=1S/C9H15N3.2ClH/c1-2-11-9-3-6-12(7-4-9)8-5-10;;/h3-4,6-7H,2,5,8,10H2,1H3;2*1H. The van der Waals surface area contributed by atoms with Gasteiger partial charge in [-0.3, -0.25) is 0 Å². The molecule has 0 saturated carbocycles. The summed E-state index contributed by atoms with van der Waals surface area (Å²) in [4.78, 5) is 0. The van der Waals surface area contributed by atoms with E-state index in [1.807, 2.05) is 12.4 Å². The highest BCUT2D eigenvalue weighted by Gasteiger charge is 1.96. The number of hydrogen-bond donors (Lipinski definition) is 2. The minimum atomic E-state index is 0. The monoisotopic (exact) mass is 237 g/mol. The molecule has 3 N–H and O–H groups in total. The van der Waals surface area contributed by atoms with Gasteiger partial charge in [0.2, 0.25) is 0 Å². The van der Waals surface area contributed by atoms with Crippen molar-refractivity contribution in [3.05, 3.63) is 24.5 Å². The molecule has 1 heterocycles. The number of anilines is 1. The molecule has 1 aromatic rings. The molecule has 0 aromatic carbocycles. The Morgan fingerprint density at radius 1 is 1.36 bits per heavy atom. The molecule has 1 aromatic heterocycles. The fraction of sp³-hybridized carbons (Fsp3) is 0.444. The molecular formula is C9H17Cl2N3. The first-order valence-electron chi connectivity index (χ1n) is 4.30. The van der Waals surface area contributed by atoms with E-state index in [1.54, 1.807) is 0 Å². The maximum Gasteiger partial charge on any atom is 0.170 e. The van der Waals surface area contributed by atoms with E-state index in [2.05, 4.69) is 28.9 Å². The van der Waals surface area contributed by atoms with Gasteiger partial charge in [0.05, 0.1) is 6.54 Å². The number of hydrogen-bond acceptors (Lipinski definition) is 2. The first kappa shape index (κ1) is 15.9. The summed E-state index contributed by atoms with van der Waals surface area (Å²) >= 11 is 0. The van der Waals surface area contributed by atoms with E-state index < -0.39 is 0 Å². The topological polar surface area (TPSA) is 41.9 Å². The van der Waals surface area contributed by atoms with E-state index in [1.165, 1.54) is 0 Å². The highest BCUT2D eigenvalue weighted by atomic mass is 35.5. The second-order valence-corrected chi connectivity index (χ2v) is 2.64. The Kier molecular flexibility index (Phi) is 10.3. The van der Waals surface area contributed by atoms with Gasteiger partial charge in [-0.2, -0.15) is 0 Å². The van der Waals surface area contributed by atoms with Crippen LogP contribution in [0.5, 0.6) is 0 Å². The van der Waals surface area contributed by atoms with Crippen LogP contribution in [0.2, 0.25) is 0 Å². The van der Waals surface area contributed by atoms with E-state index in [0.29, 0.717) is 6.54 Å². The molecule has 82 valence electrons. The molecule has 0 atom stereocenters. The molecule has 0 amide bonds. The fourth-order valence-electron chi connectivity index (χ4n) is 1.08. The van der Waals surface area contributed by atoms with Gasteiger partial charge in [-0.25, -0.2) is 4.57 Å². The molecule has 1 rings (SSSR count). The molecule has 0 bridgehead atoms. The van der Waals surface area contributed by atoms with Crippen molar-refractivity contribution in [2.75, 3.05) is 18.4 Å². The lowest BCUT2D eigenvalue weighted by molar-refractivity contribution is -0.694. The highest BCUT2D eigenvalue weighted by Crippen LogP contribution is 2.00. The van der Waals surface area contributed by atoms with E-state index in [9.17, 15) is 0 Å². The summed E-state index contributed by atoms with van der Waals surface area (Å²) in [7, 11) is 0. The van der Waals surface area contributed by atoms with Crippen molar-refractivity contribution in [3.8, 4) is 0 Å². The van der Waals surface area contributed by atoms with Crippen LogP contribution in [0.3, 0.4) is 0 Å². The summed E-state index contributed by atoms with van der Waals surface area (Å²) in [6.45, 7) is 4.61. The average Bonchev–Trinajstić information content (AvgIpc) is 2.09. The number of pyridine rings is 1. The summed E-state index contributed by atoms with van der Waals surface area (Å²) in [5.74, 6) is 0. The first-order valence-corrected chi connectivity index (χ1v) is 4.30. The van der Waals surface area contributed by atoms with Crippen molar-refractivity contribution in [1.29, 1.82) is 0 Å². The second-order valence-electron chi connectivity index (χ2n) is 2.64. The Hall–Kier alpha value is -0.510. The smallest absolute Gasteiger partial charge is 0.170 e. The van der Waals surface area contributed by atoms with Gasteiger partial charge in [0.25, 0.3) is 0 Å². The third-order valence-corrected chi connectivity index (χ3v) is 1.66. The van der Waals surface area contributed by atoms with Crippen molar-refractivity contribution in [1.82, 2.24) is 0 Å². The number of nitrogens with zero attached hydrogens (tertiary/aromatic N) is 1. The zero-order valence-electron chi connectivity index (χ0n) is 8.24. The summed E-state index contributed by atoms with van der Waals surface area (Å²) in [5, 5.41) is 3.23. The first-order chi connectivity index (χ1) is 5.86. The molecule has 5 heteroatoms. The van der Waals surface area contributed by atoms with Gasteiger partial charge < -0.3 is 23.5 Å². The molecule has 3 nitrogen and oxygen atoms in total. The molecule has 0 fully saturated rings. The molecule has 14 heavy (non-hydrogen) atoms. The molecule has 0 aliphatic rings. The third kappa shape index (κ3) is 5.27. The van der Waals surface area contributed by atoms with Crippen molar-refractivity contribution in [2.45, 2.75) is 13.5 Å². The Labute approximate surface area is 97.5 Å². The van der Waals surface area contributed by atoms with E-state index in [4.69, 9.17) is 5.73 Å². The van der Waals surface area contributed by atoms with Crippen molar-refractivity contribution < 1.29 is 17.0 Å². The van der Waals surface area contributed by atoms with E-state index >= 15 is 0 Å². The predicted octanol–water partition coefficient (Wildman–Crippen LogP) is -2.21. The average molecular weight is 238 g/mol. The van der Waals surface area contributed by atoms with Gasteiger partial charge in [0, 0.05) is 24.4 Å². The SMILES string of the molecule is CCNc1cc[n+](CCN)cc1.Cl.[Cl-]. The lowest BCUT2D eigenvalue weighted by atomic mass is 10.4. The maximum absolute atomic E-state index is 5.42. The van der Waals surface area contributed by atoms with Crippen molar-refractivity contribution in [3.63, 3.8) is 0 Å². The molecule has 0 radical (unpaired) electrons. The lowest BCUT2D eigenvalue weighted by Crippen LogP contribution is -3.00. The molecule has 0 aliphatic heterocycles. The van der Waals surface area contributed by atoms with Gasteiger partial charge in [0.1, 0.15) is 0 Å².